The van der Waals surface area contributed by atoms with E-state index in [2.05, 4.69) is 5.32 Å². The number of rotatable bonds is 4. The molecule has 0 unspecified atom stereocenters. The van der Waals surface area contributed by atoms with Gasteiger partial charge in [-0.15, -0.1) is 0 Å². The van der Waals surface area contributed by atoms with Crippen molar-refractivity contribution in [2.45, 2.75) is 51.5 Å². The molecule has 28 heavy (non-hydrogen) atoms. The number of carbonyl (C=O) groups is 3. The highest BCUT2D eigenvalue weighted by Gasteiger charge is 2.55. The zero-order valence-electron chi connectivity index (χ0n) is 16.3. The molecule has 2 aliphatic rings. The molecule has 1 saturated carbocycles. The summed E-state index contributed by atoms with van der Waals surface area (Å²) in [4.78, 5) is 51.2. The Balaban J connectivity index is 1.79. The van der Waals surface area contributed by atoms with E-state index in [0.717, 1.165) is 35.3 Å². The van der Waals surface area contributed by atoms with Crippen LogP contribution in [0.3, 0.4) is 0 Å². The van der Waals surface area contributed by atoms with Crippen molar-refractivity contribution in [1.82, 2.24) is 9.80 Å². The molecule has 9 heteroatoms. The summed E-state index contributed by atoms with van der Waals surface area (Å²) in [7, 11) is 1.59. The van der Waals surface area contributed by atoms with Gasteiger partial charge >= 0.3 is 6.03 Å². The Bertz CT molecular complexity index is 860. The third-order valence-corrected chi connectivity index (χ3v) is 5.87. The number of hydrogen-bond donors (Lipinski definition) is 1. The Hall–Kier alpha value is -2.97. The summed E-state index contributed by atoms with van der Waals surface area (Å²) < 4.78 is 0. The van der Waals surface area contributed by atoms with Gasteiger partial charge in [0.05, 0.1) is 4.92 Å². The highest BCUT2D eigenvalue weighted by atomic mass is 16.6. The van der Waals surface area contributed by atoms with Gasteiger partial charge in [-0.1, -0.05) is 19.3 Å². The average molecular weight is 388 g/mol. The summed E-state index contributed by atoms with van der Waals surface area (Å²) in [5.41, 5.74) is 0.488. The van der Waals surface area contributed by atoms with Crippen LogP contribution in [0.25, 0.3) is 0 Å². The van der Waals surface area contributed by atoms with Gasteiger partial charge in [-0.2, -0.15) is 0 Å². The fraction of sp³-hybridized carbons (Fsp3) is 0.526. The van der Waals surface area contributed by atoms with E-state index < -0.39 is 28.9 Å². The van der Waals surface area contributed by atoms with Crippen molar-refractivity contribution in [3.05, 3.63) is 33.4 Å². The lowest BCUT2D eigenvalue weighted by Gasteiger charge is -2.35. The predicted molar refractivity (Wildman–Crippen MR) is 102 cm³/mol. The molecule has 150 valence electrons. The molecule has 9 nitrogen and oxygen atoms in total. The van der Waals surface area contributed by atoms with Crippen molar-refractivity contribution in [3.8, 4) is 0 Å². The number of likely N-dealkylation sites (N-methyl/N-ethyl adjacent to an activating group) is 1. The number of amides is 4. The minimum atomic E-state index is -0.859. The smallest absolute Gasteiger partial charge is 0.319 e. The van der Waals surface area contributed by atoms with Gasteiger partial charge in [0, 0.05) is 13.1 Å². The maximum Gasteiger partial charge on any atom is 0.327 e. The number of nitrogens with one attached hydrogen (secondary N) is 1. The first-order valence-corrected chi connectivity index (χ1v) is 9.32. The lowest BCUT2D eigenvalue weighted by Crippen LogP contribution is -2.49. The van der Waals surface area contributed by atoms with Crippen molar-refractivity contribution in [1.29, 1.82) is 0 Å². The molecule has 1 N–H and O–H groups in total. The quantitative estimate of drug-likeness (QED) is 0.484. The number of carbonyl (C=O) groups excluding carboxylic acids is 3. The van der Waals surface area contributed by atoms with Gasteiger partial charge < -0.3 is 10.2 Å². The number of nitro benzene ring substituents is 1. The molecule has 1 aromatic rings. The number of urea groups is 1. The molecule has 2 fully saturated rings. The molecular weight excluding hydrogens is 364 g/mol. The number of aryl methyl sites for hydroxylation is 2. The van der Waals surface area contributed by atoms with Crippen LogP contribution in [-0.4, -0.2) is 51.7 Å². The van der Waals surface area contributed by atoms with Crippen LogP contribution >= 0.6 is 0 Å². The molecular formula is C19H24N4O5. The van der Waals surface area contributed by atoms with Gasteiger partial charge in [-0.05, 0) is 43.9 Å². The summed E-state index contributed by atoms with van der Waals surface area (Å²) in [6, 6.07) is 2.41. The van der Waals surface area contributed by atoms with Gasteiger partial charge in [-0.3, -0.25) is 24.6 Å². The summed E-state index contributed by atoms with van der Waals surface area (Å²) >= 11 is 0. The van der Waals surface area contributed by atoms with Crippen LogP contribution in [0.5, 0.6) is 0 Å². The van der Waals surface area contributed by atoms with E-state index >= 15 is 0 Å². The van der Waals surface area contributed by atoms with Crippen LogP contribution in [0.1, 0.15) is 43.2 Å². The molecule has 0 bridgehead atoms. The molecule has 1 saturated heterocycles. The van der Waals surface area contributed by atoms with Gasteiger partial charge in [0.1, 0.15) is 17.8 Å². The van der Waals surface area contributed by atoms with Crippen LogP contribution in [0.15, 0.2) is 12.1 Å². The fourth-order valence-corrected chi connectivity index (χ4v) is 4.06. The minimum Gasteiger partial charge on any atom is -0.319 e. The molecule has 4 amide bonds. The first-order valence-electron chi connectivity index (χ1n) is 9.32. The minimum absolute atomic E-state index is 0.0536. The van der Waals surface area contributed by atoms with E-state index in [0.29, 0.717) is 12.8 Å². The van der Waals surface area contributed by atoms with Crippen LogP contribution in [-0.2, 0) is 9.59 Å². The maximum absolute atomic E-state index is 12.9. The van der Waals surface area contributed by atoms with E-state index in [-0.39, 0.29) is 17.3 Å². The highest BCUT2D eigenvalue weighted by Crippen LogP contribution is 2.39. The number of imide groups is 1. The molecule has 0 aromatic heterocycles. The predicted octanol–water partition coefficient (Wildman–Crippen LogP) is 2.75. The zero-order chi connectivity index (χ0) is 20.6. The monoisotopic (exact) mass is 388 g/mol. The van der Waals surface area contributed by atoms with Crippen LogP contribution in [0, 0.1) is 24.0 Å². The van der Waals surface area contributed by atoms with E-state index in [1.54, 1.807) is 20.9 Å². The Labute approximate surface area is 162 Å². The second-order valence-electron chi connectivity index (χ2n) is 7.58. The molecule has 0 radical (unpaired) electrons. The first-order chi connectivity index (χ1) is 13.2. The van der Waals surface area contributed by atoms with E-state index in [1.807, 2.05) is 0 Å². The summed E-state index contributed by atoms with van der Waals surface area (Å²) in [6.07, 6.45) is 3.92. The van der Waals surface area contributed by atoms with Crippen molar-refractivity contribution >= 4 is 29.2 Å². The van der Waals surface area contributed by atoms with E-state index in [1.165, 1.54) is 17.0 Å². The van der Waals surface area contributed by atoms with E-state index in [4.69, 9.17) is 0 Å². The molecule has 1 aliphatic carbocycles. The van der Waals surface area contributed by atoms with Crippen LogP contribution < -0.4 is 5.32 Å². The van der Waals surface area contributed by atoms with Gasteiger partial charge in [0.25, 0.3) is 11.6 Å². The average Bonchev–Trinajstić information content (AvgIpc) is 2.81. The summed E-state index contributed by atoms with van der Waals surface area (Å²) in [5, 5.41) is 13.8. The summed E-state index contributed by atoms with van der Waals surface area (Å²) in [6.45, 7) is 3.06. The van der Waals surface area contributed by atoms with Crippen LogP contribution in [0.4, 0.5) is 16.2 Å². The van der Waals surface area contributed by atoms with Crippen molar-refractivity contribution in [3.63, 3.8) is 0 Å². The van der Waals surface area contributed by atoms with E-state index in [9.17, 15) is 24.5 Å². The number of hydrogen-bond acceptors (Lipinski definition) is 5. The third-order valence-electron chi connectivity index (χ3n) is 5.87. The molecule has 1 heterocycles. The lowest BCUT2D eigenvalue weighted by atomic mass is 9.81. The summed E-state index contributed by atoms with van der Waals surface area (Å²) in [5.74, 6) is -1.00. The molecule has 3 rings (SSSR count). The Morgan fingerprint density at radius 1 is 1.18 bits per heavy atom. The van der Waals surface area contributed by atoms with Crippen molar-refractivity contribution < 1.29 is 19.3 Å². The number of nitro groups is 1. The standard InChI is InChI=1S/C19H24N4O5/c1-12-9-14(15(23(27)28)10-13(12)2)20-16(24)11-22-17(25)19(21(3)18(22)26)7-5-4-6-8-19/h9-10H,4-8,11H2,1-3H3,(H,20,24). The second kappa shape index (κ2) is 7.21. The Morgan fingerprint density at radius 3 is 2.39 bits per heavy atom. The largest absolute Gasteiger partial charge is 0.327 e. The van der Waals surface area contributed by atoms with Crippen molar-refractivity contribution in [2.75, 3.05) is 18.9 Å². The van der Waals surface area contributed by atoms with Gasteiger partial charge in [-0.25, -0.2) is 4.79 Å². The Morgan fingerprint density at radius 2 is 1.79 bits per heavy atom. The highest BCUT2D eigenvalue weighted by molar-refractivity contribution is 6.10. The Kier molecular flexibility index (Phi) is 5.10. The zero-order valence-corrected chi connectivity index (χ0v) is 16.3. The number of anilines is 1. The maximum atomic E-state index is 12.9. The number of benzene rings is 1. The number of nitrogens with zero attached hydrogens (tertiary/aromatic N) is 3. The van der Waals surface area contributed by atoms with Gasteiger partial charge in [0.2, 0.25) is 5.91 Å². The van der Waals surface area contributed by atoms with Crippen molar-refractivity contribution in [2.24, 2.45) is 0 Å². The molecule has 0 atom stereocenters. The lowest BCUT2D eigenvalue weighted by molar-refractivity contribution is -0.384. The molecule has 1 aromatic carbocycles. The molecule has 1 aliphatic heterocycles. The first kappa shape index (κ1) is 19.8. The van der Waals surface area contributed by atoms with Gasteiger partial charge in [0.15, 0.2) is 0 Å². The van der Waals surface area contributed by atoms with Crippen LogP contribution in [0.2, 0.25) is 0 Å². The fourth-order valence-electron chi connectivity index (χ4n) is 4.06. The normalized spacial score (nSPS) is 18.7. The third kappa shape index (κ3) is 3.21. The second-order valence-corrected chi connectivity index (χ2v) is 7.58. The molecule has 1 spiro atoms. The topological polar surface area (TPSA) is 113 Å². The SMILES string of the molecule is Cc1cc(NC(=O)CN2C(=O)N(C)C3(CCCCC3)C2=O)c([N+](=O)[O-])cc1C.